The Labute approximate surface area is 101 Å². The maximum Gasteiger partial charge on any atom is 0.238 e. The number of carbonyl (C=O) groups excluding carboxylic acids is 1. The van der Waals surface area contributed by atoms with Crippen molar-refractivity contribution in [2.45, 2.75) is 5.92 Å². The second-order valence-corrected chi connectivity index (χ2v) is 4.92. The summed E-state index contributed by atoms with van der Waals surface area (Å²) < 4.78 is 6.82. The van der Waals surface area contributed by atoms with Gasteiger partial charge in [-0.1, -0.05) is 5.16 Å². The first kappa shape index (κ1) is 10.5. The lowest BCUT2D eigenvalue weighted by Gasteiger charge is -1.97. The Kier molecular flexibility index (Phi) is 2.47. The van der Waals surface area contributed by atoms with Crippen LogP contribution in [0.5, 0.6) is 0 Å². The molecule has 3 heterocycles. The third kappa shape index (κ3) is 1.86. The Hall–Kier alpha value is -1.63. The van der Waals surface area contributed by atoms with Gasteiger partial charge in [0.05, 0.1) is 17.5 Å². The average molecular weight is 250 g/mol. The smallest absolute Gasteiger partial charge is 0.238 e. The molecular formula is C10H10N4O2S. The van der Waals surface area contributed by atoms with Crippen LogP contribution < -0.4 is 0 Å². The molecule has 1 aliphatic heterocycles. The zero-order valence-electron chi connectivity index (χ0n) is 9.16. The molecule has 6 nitrogen and oxygen atoms in total. The van der Waals surface area contributed by atoms with Gasteiger partial charge in [-0.05, 0) is 0 Å². The fourth-order valence-electron chi connectivity index (χ4n) is 1.71. The van der Waals surface area contributed by atoms with Gasteiger partial charge in [0, 0.05) is 19.0 Å². The Balaban J connectivity index is 1.90. The highest BCUT2D eigenvalue weighted by atomic mass is 32.2. The largest absolute Gasteiger partial charge is 0.338 e. The number of aromatic nitrogens is 4. The van der Waals surface area contributed by atoms with Crippen LogP contribution in [-0.4, -0.2) is 37.2 Å². The van der Waals surface area contributed by atoms with Crippen molar-refractivity contribution in [1.29, 1.82) is 0 Å². The molecule has 17 heavy (non-hydrogen) atoms. The lowest BCUT2D eigenvalue weighted by Crippen LogP contribution is -2.09. The summed E-state index contributed by atoms with van der Waals surface area (Å²) in [6.07, 6.45) is 3.47. The SMILES string of the molecule is Cn1cc(-c2noc(C3CSCC3=O)n2)cn1. The fourth-order valence-corrected chi connectivity index (χ4v) is 2.79. The van der Waals surface area contributed by atoms with Crippen molar-refractivity contribution in [3.05, 3.63) is 18.3 Å². The van der Waals surface area contributed by atoms with E-state index in [-0.39, 0.29) is 11.7 Å². The summed E-state index contributed by atoms with van der Waals surface area (Å²) in [4.78, 5) is 15.8. The van der Waals surface area contributed by atoms with Gasteiger partial charge in [0.25, 0.3) is 0 Å². The number of aryl methyl sites for hydroxylation is 1. The second-order valence-electron chi connectivity index (χ2n) is 3.89. The van der Waals surface area contributed by atoms with Gasteiger partial charge in [0.2, 0.25) is 11.7 Å². The van der Waals surface area contributed by atoms with E-state index in [0.29, 0.717) is 17.5 Å². The predicted octanol–water partition coefficient (Wildman–Crippen LogP) is 0.870. The van der Waals surface area contributed by atoms with Gasteiger partial charge in [-0.15, -0.1) is 0 Å². The molecular weight excluding hydrogens is 240 g/mol. The van der Waals surface area contributed by atoms with Gasteiger partial charge in [0.1, 0.15) is 5.92 Å². The molecule has 1 fully saturated rings. The minimum absolute atomic E-state index is 0.163. The van der Waals surface area contributed by atoms with Gasteiger partial charge in [-0.3, -0.25) is 9.48 Å². The Morgan fingerprint density at radius 3 is 3.12 bits per heavy atom. The Morgan fingerprint density at radius 1 is 1.59 bits per heavy atom. The van der Waals surface area contributed by atoms with Crippen LogP contribution in [0, 0.1) is 0 Å². The molecule has 0 bridgehead atoms. The van der Waals surface area contributed by atoms with Crippen molar-refractivity contribution < 1.29 is 9.32 Å². The number of hydrogen-bond acceptors (Lipinski definition) is 6. The molecule has 0 saturated carbocycles. The number of thioether (sulfide) groups is 1. The molecule has 88 valence electrons. The number of hydrogen-bond donors (Lipinski definition) is 0. The number of nitrogens with zero attached hydrogens (tertiary/aromatic N) is 4. The van der Waals surface area contributed by atoms with E-state index in [4.69, 9.17) is 4.52 Å². The summed E-state index contributed by atoms with van der Waals surface area (Å²) in [6.45, 7) is 0. The fraction of sp³-hybridized carbons (Fsp3) is 0.400. The van der Waals surface area contributed by atoms with E-state index in [1.54, 1.807) is 28.8 Å². The van der Waals surface area contributed by atoms with Gasteiger partial charge >= 0.3 is 0 Å². The highest BCUT2D eigenvalue weighted by Crippen LogP contribution is 2.29. The maximum absolute atomic E-state index is 11.6. The molecule has 0 spiro atoms. The molecule has 1 atom stereocenters. The van der Waals surface area contributed by atoms with Crippen molar-refractivity contribution in [3.8, 4) is 11.4 Å². The normalized spacial score (nSPS) is 20.1. The van der Waals surface area contributed by atoms with Gasteiger partial charge in [0.15, 0.2) is 5.78 Å². The summed E-state index contributed by atoms with van der Waals surface area (Å²) in [7, 11) is 1.82. The third-order valence-electron chi connectivity index (χ3n) is 2.62. The maximum atomic E-state index is 11.6. The molecule has 0 aliphatic carbocycles. The van der Waals surface area contributed by atoms with E-state index in [2.05, 4.69) is 15.2 Å². The van der Waals surface area contributed by atoms with Crippen LogP contribution >= 0.6 is 11.8 Å². The van der Waals surface area contributed by atoms with Crippen molar-refractivity contribution in [1.82, 2.24) is 19.9 Å². The number of carbonyl (C=O) groups is 1. The van der Waals surface area contributed by atoms with E-state index >= 15 is 0 Å². The first-order valence-corrected chi connectivity index (χ1v) is 6.32. The Bertz CT molecular complexity index is 562. The highest BCUT2D eigenvalue weighted by Gasteiger charge is 2.31. The van der Waals surface area contributed by atoms with Crippen LogP contribution in [0.2, 0.25) is 0 Å². The molecule has 1 saturated heterocycles. The zero-order chi connectivity index (χ0) is 11.8. The van der Waals surface area contributed by atoms with Crippen molar-refractivity contribution in [2.24, 2.45) is 7.05 Å². The van der Waals surface area contributed by atoms with E-state index in [1.807, 2.05) is 7.05 Å². The lowest BCUT2D eigenvalue weighted by atomic mass is 10.1. The zero-order valence-corrected chi connectivity index (χ0v) is 9.98. The number of Topliss-reactive ketones (excluding diaryl/α,β-unsaturated/α-hetero) is 1. The molecule has 7 heteroatoms. The topological polar surface area (TPSA) is 73.8 Å². The molecule has 0 amide bonds. The van der Waals surface area contributed by atoms with E-state index in [0.717, 1.165) is 11.3 Å². The molecule has 0 radical (unpaired) electrons. The Morgan fingerprint density at radius 2 is 2.47 bits per heavy atom. The first-order valence-electron chi connectivity index (χ1n) is 5.17. The highest BCUT2D eigenvalue weighted by molar-refractivity contribution is 8.00. The van der Waals surface area contributed by atoms with Crippen molar-refractivity contribution in [3.63, 3.8) is 0 Å². The molecule has 2 aromatic rings. The summed E-state index contributed by atoms with van der Waals surface area (Å²) in [5, 5.41) is 7.92. The third-order valence-corrected chi connectivity index (χ3v) is 3.68. The van der Waals surface area contributed by atoms with Crippen LogP contribution in [0.15, 0.2) is 16.9 Å². The average Bonchev–Trinajstić information content (AvgIpc) is 2.97. The van der Waals surface area contributed by atoms with E-state index in [9.17, 15) is 4.79 Å². The standard InChI is InChI=1S/C10H10N4O2S/c1-14-3-6(2-11-14)9-12-10(16-13-9)7-4-17-5-8(7)15/h2-3,7H,4-5H2,1H3. The summed E-state index contributed by atoms with van der Waals surface area (Å²) >= 11 is 1.60. The van der Waals surface area contributed by atoms with Crippen molar-refractivity contribution in [2.75, 3.05) is 11.5 Å². The number of ketones is 1. The molecule has 3 rings (SSSR count). The first-order chi connectivity index (χ1) is 8.24. The molecule has 0 N–H and O–H groups in total. The van der Waals surface area contributed by atoms with Crippen LogP contribution in [-0.2, 0) is 11.8 Å². The quantitative estimate of drug-likeness (QED) is 0.787. The van der Waals surface area contributed by atoms with Crippen LogP contribution in [0.1, 0.15) is 11.8 Å². The van der Waals surface area contributed by atoms with Crippen LogP contribution in [0.3, 0.4) is 0 Å². The van der Waals surface area contributed by atoms with Gasteiger partial charge in [-0.2, -0.15) is 21.8 Å². The van der Waals surface area contributed by atoms with E-state index < -0.39 is 0 Å². The second kappa shape index (κ2) is 3.99. The van der Waals surface area contributed by atoms with E-state index in [1.165, 1.54) is 0 Å². The van der Waals surface area contributed by atoms with Crippen LogP contribution in [0.4, 0.5) is 0 Å². The monoisotopic (exact) mass is 250 g/mol. The molecule has 0 aromatic carbocycles. The summed E-state index contributed by atoms with van der Waals surface area (Å²) in [6, 6.07) is 0. The molecule has 1 aliphatic rings. The molecule has 1 unspecified atom stereocenters. The van der Waals surface area contributed by atoms with Crippen LogP contribution in [0.25, 0.3) is 11.4 Å². The van der Waals surface area contributed by atoms with Gasteiger partial charge in [-0.25, -0.2) is 0 Å². The summed E-state index contributed by atoms with van der Waals surface area (Å²) in [5.41, 5.74) is 0.792. The van der Waals surface area contributed by atoms with Crippen molar-refractivity contribution >= 4 is 17.5 Å². The van der Waals surface area contributed by atoms with Gasteiger partial charge < -0.3 is 4.52 Å². The minimum atomic E-state index is -0.238. The lowest BCUT2D eigenvalue weighted by molar-refractivity contribution is -0.117. The molecule has 2 aromatic heterocycles. The summed E-state index contributed by atoms with van der Waals surface area (Å²) in [5.74, 6) is 2.09. The number of rotatable bonds is 2. The predicted molar refractivity (Wildman–Crippen MR) is 61.6 cm³/mol. The minimum Gasteiger partial charge on any atom is -0.338 e.